The minimum atomic E-state index is 0.603. The number of pyridine rings is 2. The van der Waals surface area contributed by atoms with Crippen LogP contribution in [0.3, 0.4) is 0 Å². The molecule has 0 unspecified atom stereocenters. The van der Waals surface area contributed by atoms with Crippen molar-refractivity contribution in [3.8, 4) is 40.1 Å². The molecule has 0 atom stereocenters. The lowest BCUT2D eigenvalue weighted by molar-refractivity contribution is 1.17. The Labute approximate surface area is 364 Å². The van der Waals surface area contributed by atoms with E-state index < -0.39 is 0 Å². The molecule has 0 N–H and O–H groups in total. The van der Waals surface area contributed by atoms with Crippen LogP contribution in [0.25, 0.3) is 60.5 Å². The van der Waals surface area contributed by atoms with E-state index in [2.05, 4.69) is 158 Å². The minimum Gasteiger partial charge on any atom is -0.310 e. The predicted octanol–water partition coefficient (Wildman–Crippen LogP) is 14.2. The smallest absolute Gasteiger partial charge is 0.0991 e. The molecule has 0 saturated heterocycles. The van der Waals surface area contributed by atoms with Crippen molar-refractivity contribution < 1.29 is 0 Å². The zero-order chi connectivity index (χ0) is 42.3. The van der Waals surface area contributed by atoms with Crippen molar-refractivity contribution in [2.75, 3.05) is 9.80 Å². The van der Waals surface area contributed by atoms with Crippen molar-refractivity contribution >= 4 is 66.7 Å². The van der Waals surface area contributed by atoms with Crippen LogP contribution in [0.4, 0.5) is 34.1 Å². The maximum atomic E-state index is 9.70. The monoisotopic (exact) mass is 805 g/mol. The molecule has 0 bridgehead atoms. The lowest BCUT2D eigenvalue weighted by Crippen LogP contribution is -2.10. The summed E-state index contributed by atoms with van der Waals surface area (Å²) in [4.78, 5) is 13.2. The fourth-order valence-electron chi connectivity index (χ4n) is 8.79. The summed E-state index contributed by atoms with van der Waals surface area (Å²) in [5.41, 5.74) is 14.5. The first-order valence-corrected chi connectivity index (χ1v) is 20.6. The molecule has 3 heterocycles. The molecule has 7 nitrogen and oxygen atoms in total. The number of nitrogens with zero attached hydrogens (tertiary/aromatic N) is 7. The molecule has 7 heteroatoms. The number of nitriles is 2. The van der Waals surface area contributed by atoms with Gasteiger partial charge in [-0.3, -0.25) is 9.97 Å². The van der Waals surface area contributed by atoms with E-state index in [0.717, 1.165) is 83.9 Å². The molecular formula is C56H35N7. The normalized spacial score (nSPS) is 11.1. The number of benzene rings is 8. The summed E-state index contributed by atoms with van der Waals surface area (Å²) < 4.78 is 2.38. The van der Waals surface area contributed by atoms with Crippen molar-refractivity contribution in [1.82, 2.24) is 14.5 Å². The van der Waals surface area contributed by atoms with E-state index in [-0.39, 0.29) is 0 Å². The van der Waals surface area contributed by atoms with E-state index in [0.29, 0.717) is 11.1 Å². The lowest BCUT2D eigenvalue weighted by Gasteiger charge is -2.26. The molecule has 0 amide bonds. The zero-order valence-electron chi connectivity index (χ0n) is 33.8. The highest BCUT2D eigenvalue weighted by molar-refractivity contribution is 6.26. The molecule has 0 aliphatic rings. The van der Waals surface area contributed by atoms with Gasteiger partial charge in [-0.05, 0) is 154 Å². The zero-order valence-corrected chi connectivity index (χ0v) is 33.8. The van der Waals surface area contributed by atoms with Gasteiger partial charge in [-0.15, -0.1) is 0 Å². The van der Waals surface area contributed by atoms with Crippen LogP contribution >= 0.6 is 0 Å². The fourth-order valence-corrected chi connectivity index (χ4v) is 8.79. The molecule has 0 fully saturated rings. The number of hydrogen-bond donors (Lipinski definition) is 0. The largest absolute Gasteiger partial charge is 0.310 e. The highest BCUT2D eigenvalue weighted by Crippen LogP contribution is 2.47. The molecule has 8 aromatic carbocycles. The predicted molar refractivity (Wildman–Crippen MR) is 255 cm³/mol. The molecule has 11 rings (SSSR count). The minimum absolute atomic E-state index is 0.603. The van der Waals surface area contributed by atoms with Gasteiger partial charge in [-0.25, -0.2) is 0 Å². The van der Waals surface area contributed by atoms with Crippen molar-refractivity contribution in [2.24, 2.45) is 0 Å². The van der Waals surface area contributed by atoms with Gasteiger partial charge >= 0.3 is 0 Å². The SMILES string of the molecule is N#Cc1ccc(N(c2ccc(-c3cccnc3)cc2)c2cc3ccc4cc(N(c5ccc(C#N)cc5)c5ccc(-c6cccnc6)cc5)cc5c4c3c(c2)n5-c2ccccc2)cc1. The lowest BCUT2D eigenvalue weighted by atomic mass is 9.99. The summed E-state index contributed by atoms with van der Waals surface area (Å²) in [5.74, 6) is 0. The highest BCUT2D eigenvalue weighted by atomic mass is 15.2. The van der Waals surface area contributed by atoms with Crippen molar-refractivity contribution in [3.05, 3.63) is 224 Å². The van der Waals surface area contributed by atoms with Gasteiger partial charge in [0, 0.05) is 75.4 Å². The summed E-state index contributed by atoms with van der Waals surface area (Å²) >= 11 is 0. The second kappa shape index (κ2) is 15.5. The summed E-state index contributed by atoms with van der Waals surface area (Å²) in [6.07, 6.45) is 7.33. The number of aromatic nitrogens is 3. The van der Waals surface area contributed by atoms with E-state index in [1.54, 1.807) is 12.4 Å². The Morgan fingerprint density at radius 2 is 0.794 bits per heavy atom. The molecule has 0 aliphatic carbocycles. The van der Waals surface area contributed by atoms with Gasteiger partial charge in [-0.2, -0.15) is 10.5 Å². The van der Waals surface area contributed by atoms with Crippen molar-refractivity contribution in [3.63, 3.8) is 0 Å². The first kappa shape index (κ1) is 37.0. The Bertz CT molecular complexity index is 3260. The van der Waals surface area contributed by atoms with Gasteiger partial charge in [0.1, 0.15) is 0 Å². The van der Waals surface area contributed by atoms with Crippen LogP contribution in [0.15, 0.2) is 213 Å². The van der Waals surface area contributed by atoms with E-state index in [9.17, 15) is 10.5 Å². The van der Waals surface area contributed by atoms with Gasteiger partial charge in [0.2, 0.25) is 0 Å². The summed E-state index contributed by atoms with van der Waals surface area (Å²) in [6.45, 7) is 0. The van der Waals surface area contributed by atoms with Crippen LogP contribution in [0, 0.1) is 22.7 Å². The molecule has 294 valence electrons. The molecule has 0 saturated carbocycles. The Morgan fingerprint density at radius 3 is 1.17 bits per heavy atom. The summed E-state index contributed by atoms with van der Waals surface area (Å²) in [6, 6.07) is 69.3. The van der Waals surface area contributed by atoms with Crippen LogP contribution in [0.5, 0.6) is 0 Å². The van der Waals surface area contributed by atoms with Crippen LogP contribution in [0.1, 0.15) is 11.1 Å². The van der Waals surface area contributed by atoms with E-state index in [1.807, 2.05) is 79.1 Å². The number of rotatable bonds is 9. The number of para-hydroxylation sites is 1. The molecular weight excluding hydrogens is 771 g/mol. The maximum Gasteiger partial charge on any atom is 0.0991 e. The Hall–Kier alpha value is -9.04. The van der Waals surface area contributed by atoms with Gasteiger partial charge in [-0.1, -0.05) is 66.7 Å². The van der Waals surface area contributed by atoms with Crippen LogP contribution in [-0.2, 0) is 0 Å². The van der Waals surface area contributed by atoms with Crippen molar-refractivity contribution in [1.29, 1.82) is 10.5 Å². The molecule has 63 heavy (non-hydrogen) atoms. The highest BCUT2D eigenvalue weighted by Gasteiger charge is 2.24. The van der Waals surface area contributed by atoms with Gasteiger partial charge in [0.05, 0.1) is 34.3 Å². The maximum absolute atomic E-state index is 9.70. The Morgan fingerprint density at radius 1 is 0.381 bits per heavy atom. The number of hydrogen-bond acceptors (Lipinski definition) is 6. The van der Waals surface area contributed by atoms with Crippen LogP contribution < -0.4 is 9.80 Å². The van der Waals surface area contributed by atoms with Crippen LogP contribution in [-0.4, -0.2) is 14.5 Å². The molecule has 0 radical (unpaired) electrons. The van der Waals surface area contributed by atoms with Gasteiger partial charge in [0.15, 0.2) is 0 Å². The summed E-state index contributed by atoms with van der Waals surface area (Å²) in [5, 5.41) is 24.0. The molecule has 3 aromatic heterocycles. The first-order valence-electron chi connectivity index (χ1n) is 20.6. The van der Waals surface area contributed by atoms with E-state index in [4.69, 9.17) is 0 Å². The second-order valence-corrected chi connectivity index (χ2v) is 15.4. The molecule has 11 aromatic rings. The van der Waals surface area contributed by atoms with E-state index >= 15 is 0 Å². The van der Waals surface area contributed by atoms with Gasteiger partial charge in [0.25, 0.3) is 0 Å². The third kappa shape index (κ3) is 6.64. The Balaban J connectivity index is 1.13. The first-order chi connectivity index (χ1) is 31.1. The van der Waals surface area contributed by atoms with Crippen molar-refractivity contribution in [2.45, 2.75) is 0 Å². The number of anilines is 6. The second-order valence-electron chi connectivity index (χ2n) is 15.4. The standard InChI is InChI=1S/C56H35N7/c57-34-38-10-20-47(21-11-38)61(49-24-16-40(17-25-49)44-6-4-28-59-36-44)51-30-42-14-15-43-31-52(33-54-56(43)55(42)53(32-51)63(54)46-8-2-1-3-9-46)62(48-22-12-39(35-58)13-23-48)50-26-18-41(19-27-50)45-7-5-29-60-37-45/h1-33,36-37H. The quantitative estimate of drug-likeness (QED) is 0.135. The molecule has 0 aliphatic heterocycles. The topological polar surface area (TPSA) is 84.8 Å². The fraction of sp³-hybridized carbons (Fsp3) is 0. The average molecular weight is 806 g/mol. The summed E-state index contributed by atoms with van der Waals surface area (Å²) in [7, 11) is 0. The third-order valence-corrected chi connectivity index (χ3v) is 11.7. The average Bonchev–Trinajstić information content (AvgIpc) is 3.69. The van der Waals surface area contributed by atoms with Crippen LogP contribution in [0.2, 0.25) is 0 Å². The third-order valence-electron chi connectivity index (χ3n) is 11.7. The Kier molecular flexibility index (Phi) is 9.12. The molecule has 0 spiro atoms. The van der Waals surface area contributed by atoms with E-state index in [1.165, 1.54) is 10.8 Å². The van der Waals surface area contributed by atoms with Gasteiger partial charge < -0.3 is 14.4 Å².